The largest absolute Gasteiger partial charge is 0.486 e. The fourth-order valence-electron chi connectivity index (χ4n) is 3.59. The Balaban J connectivity index is 1.38. The molecule has 1 N–H and O–H groups in total. The summed E-state index contributed by atoms with van der Waals surface area (Å²) in [5, 5.41) is 7.99. The van der Waals surface area contributed by atoms with Crippen molar-refractivity contribution in [3.63, 3.8) is 0 Å². The van der Waals surface area contributed by atoms with Gasteiger partial charge in [-0.2, -0.15) is 4.98 Å². The van der Waals surface area contributed by atoms with Gasteiger partial charge in [0.2, 0.25) is 5.95 Å². The topological polar surface area (TPSA) is 63.9 Å². The van der Waals surface area contributed by atoms with E-state index in [0.717, 1.165) is 46.2 Å². The van der Waals surface area contributed by atoms with Crippen LogP contribution in [-0.2, 0) is 0 Å². The molecule has 0 aliphatic carbocycles. The molecule has 2 aromatic carbocycles. The maximum absolute atomic E-state index is 5.74. The van der Waals surface area contributed by atoms with Gasteiger partial charge in [0.05, 0.1) is 5.69 Å². The minimum Gasteiger partial charge on any atom is -0.486 e. The molecule has 0 bridgehead atoms. The highest BCUT2D eigenvalue weighted by Gasteiger charge is 2.15. The first kappa shape index (κ1) is 20.1. The van der Waals surface area contributed by atoms with Crippen LogP contribution in [0.25, 0.3) is 23.0 Å². The Bertz CT molecular complexity index is 1260. The average Bonchev–Trinajstić information content (AvgIpc) is 3.22. The first-order valence-electron chi connectivity index (χ1n) is 10.6. The van der Waals surface area contributed by atoms with Crippen LogP contribution >= 0.6 is 0 Å². The van der Waals surface area contributed by atoms with Crippen LogP contribution in [0.2, 0.25) is 0 Å². The smallest absolute Gasteiger partial charge is 0.247 e. The van der Waals surface area contributed by atoms with Crippen molar-refractivity contribution >= 4 is 23.4 Å². The van der Waals surface area contributed by atoms with Crippen LogP contribution in [0.1, 0.15) is 5.56 Å². The van der Waals surface area contributed by atoms with Crippen molar-refractivity contribution in [3.05, 3.63) is 72.3 Å². The number of nitrogens with one attached hydrogen (secondary N) is 1. The molecule has 1 aliphatic heterocycles. The maximum Gasteiger partial charge on any atom is 0.247 e. The molecule has 2 aromatic heterocycles. The molecule has 7 nitrogen and oxygen atoms in total. The number of rotatable bonds is 6. The van der Waals surface area contributed by atoms with Gasteiger partial charge in [-0.05, 0) is 62.1 Å². The average molecular weight is 428 g/mol. The lowest BCUT2D eigenvalue weighted by Gasteiger charge is -2.19. The van der Waals surface area contributed by atoms with Gasteiger partial charge >= 0.3 is 0 Å². The van der Waals surface area contributed by atoms with Gasteiger partial charge < -0.3 is 19.7 Å². The quantitative estimate of drug-likeness (QED) is 0.489. The molecule has 4 aromatic rings. The number of likely N-dealkylation sites (N-methyl/N-ethyl adjacent to an activating group) is 1. The molecule has 32 heavy (non-hydrogen) atoms. The maximum atomic E-state index is 5.74. The monoisotopic (exact) mass is 427 g/mol. The van der Waals surface area contributed by atoms with Crippen LogP contribution in [0.3, 0.4) is 0 Å². The molecule has 0 radical (unpaired) electrons. The van der Waals surface area contributed by atoms with Crippen LogP contribution in [0.5, 0.6) is 11.5 Å². The van der Waals surface area contributed by atoms with Gasteiger partial charge in [0.15, 0.2) is 17.1 Å². The summed E-state index contributed by atoms with van der Waals surface area (Å²) in [6.45, 7) is 2.05. The van der Waals surface area contributed by atoms with Crippen LogP contribution < -0.4 is 14.8 Å². The standard InChI is InChI=1S/C25H25N5O2/c1-29(2)14-4-5-18-8-11-20(12-9-18)26-25-27-24-7-3-6-21(30(24)28-25)19-10-13-22-23(17-19)32-16-15-31-22/h3-13,17H,14-16H2,1-2H3,(H,26,28)/b5-4+. The van der Waals surface area contributed by atoms with Gasteiger partial charge in [-0.1, -0.05) is 30.4 Å². The zero-order valence-corrected chi connectivity index (χ0v) is 18.2. The Kier molecular flexibility index (Phi) is 5.47. The highest BCUT2D eigenvalue weighted by molar-refractivity contribution is 5.68. The lowest BCUT2D eigenvalue weighted by Crippen LogP contribution is -2.15. The lowest BCUT2D eigenvalue weighted by molar-refractivity contribution is 0.171. The summed E-state index contributed by atoms with van der Waals surface area (Å²) in [6, 6.07) is 20.1. The highest BCUT2D eigenvalue weighted by atomic mass is 16.6. The van der Waals surface area contributed by atoms with Gasteiger partial charge in [0.25, 0.3) is 0 Å². The summed E-state index contributed by atoms with van der Waals surface area (Å²) in [5.41, 5.74) is 4.78. The van der Waals surface area contributed by atoms with Crippen molar-refractivity contribution in [2.45, 2.75) is 0 Å². The molecule has 1 aliphatic rings. The number of nitrogens with zero attached hydrogens (tertiary/aromatic N) is 4. The van der Waals surface area contributed by atoms with Crippen molar-refractivity contribution < 1.29 is 9.47 Å². The summed E-state index contributed by atoms with van der Waals surface area (Å²) < 4.78 is 13.2. The van der Waals surface area contributed by atoms with Crippen molar-refractivity contribution in [3.8, 4) is 22.8 Å². The van der Waals surface area contributed by atoms with Crippen LogP contribution in [0.15, 0.2) is 66.7 Å². The number of hydrogen-bond donors (Lipinski definition) is 1. The normalized spacial score (nSPS) is 13.2. The predicted octanol–water partition coefficient (Wildman–Crippen LogP) is 4.49. The number of anilines is 2. The van der Waals surface area contributed by atoms with E-state index in [1.807, 2.05) is 53.0 Å². The molecule has 0 unspecified atom stereocenters. The molecule has 0 atom stereocenters. The van der Waals surface area contributed by atoms with Crippen molar-refractivity contribution in [1.29, 1.82) is 0 Å². The van der Waals surface area contributed by atoms with E-state index in [4.69, 9.17) is 14.6 Å². The summed E-state index contributed by atoms with van der Waals surface area (Å²) in [4.78, 5) is 6.76. The molecular weight excluding hydrogens is 402 g/mol. The molecule has 0 spiro atoms. The fraction of sp³-hybridized carbons (Fsp3) is 0.200. The molecular formula is C25H25N5O2. The van der Waals surface area contributed by atoms with Crippen LogP contribution in [-0.4, -0.2) is 53.4 Å². The molecule has 0 saturated heterocycles. The minimum absolute atomic E-state index is 0.547. The minimum atomic E-state index is 0.547. The summed E-state index contributed by atoms with van der Waals surface area (Å²) in [5.74, 6) is 2.07. The number of benzene rings is 2. The van der Waals surface area contributed by atoms with Crippen LogP contribution in [0.4, 0.5) is 11.6 Å². The van der Waals surface area contributed by atoms with E-state index in [1.165, 1.54) is 0 Å². The van der Waals surface area contributed by atoms with Crippen molar-refractivity contribution in [1.82, 2.24) is 19.5 Å². The van der Waals surface area contributed by atoms with Gasteiger partial charge in [0, 0.05) is 17.8 Å². The molecule has 5 rings (SSSR count). The third-order valence-corrected chi connectivity index (χ3v) is 5.15. The summed E-state index contributed by atoms with van der Waals surface area (Å²) >= 11 is 0. The summed E-state index contributed by atoms with van der Waals surface area (Å²) in [6.07, 6.45) is 4.26. The molecule has 0 amide bonds. The van der Waals surface area contributed by atoms with Gasteiger partial charge in [-0.25, -0.2) is 4.52 Å². The number of aromatic nitrogens is 3. The lowest BCUT2D eigenvalue weighted by atomic mass is 10.1. The molecule has 0 saturated carbocycles. The number of fused-ring (bicyclic) bond motifs is 2. The first-order chi connectivity index (χ1) is 15.7. The van der Waals surface area contributed by atoms with E-state index >= 15 is 0 Å². The van der Waals surface area contributed by atoms with E-state index in [9.17, 15) is 0 Å². The zero-order chi connectivity index (χ0) is 21.9. The zero-order valence-electron chi connectivity index (χ0n) is 18.2. The van der Waals surface area contributed by atoms with Gasteiger partial charge in [-0.3, -0.25) is 0 Å². The second kappa shape index (κ2) is 8.72. The second-order valence-corrected chi connectivity index (χ2v) is 7.89. The Hall–Kier alpha value is -3.84. The van der Waals surface area contributed by atoms with E-state index in [2.05, 4.69) is 53.6 Å². The molecule has 0 fully saturated rings. The van der Waals surface area contributed by atoms with E-state index in [1.54, 1.807) is 0 Å². The molecule has 7 heteroatoms. The Morgan fingerprint density at radius 1 is 1.00 bits per heavy atom. The SMILES string of the molecule is CN(C)C/C=C/c1ccc(Nc2nc3cccc(-c4ccc5c(c4)OCCO5)n3n2)cc1. The van der Waals surface area contributed by atoms with Gasteiger partial charge in [-0.15, -0.1) is 5.10 Å². The van der Waals surface area contributed by atoms with Crippen LogP contribution in [0, 0.1) is 0 Å². The molecule has 162 valence electrons. The Morgan fingerprint density at radius 3 is 2.62 bits per heavy atom. The number of pyridine rings is 1. The van der Waals surface area contributed by atoms with E-state index in [0.29, 0.717) is 19.2 Å². The second-order valence-electron chi connectivity index (χ2n) is 7.89. The van der Waals surface area contributed by atoms with Crippen molar-refractivity contribution in [2.75, 3.05) is 39.2 Å². The number of ether oxygens (including phenoxy) is 2. The first-order valence-corrected chi connectivity index (χ1v) is 10.6. The van der Waals surface area contributed by atoms with Crippen molar-refractivity contribution in [2.24, 2.45) is 0 Å². The Morgan fingerprint density at radius 2 is 1.81 bits per heavy atom. The fourth-order valence-corrected chi connectivity index (χ4v) is 3.59. The molecule has 3 heterocycles. The predicted molar refractivity (Wildman–Crippen MR) is 127 cm³/mol. The van der Waals surface area contributed by atoms with E-state index < -0.39 is 0 Å². The third-order valence-electron chi connectivity index (χ3n) is 5.15. The third kappa shape index (κ3) is 4.29. The van der Waals surface area contributed by atoms with Gasteiger partial charge in [0.1, 0.15) is 13.2 Å². The number of hydrogen-bond acceptors (Lipinski definition) is 6. The Labute approximate surface area is 186 Å². The summed E-state index contributed by atoms with van der Waals surface area (Å²) in [7, 11) is 4.11. The van der Waals surface area contributed by atoms with E-state index in [-0.39, 0.29) is 0 Å². The highest BCUT2D eigenvalue weighted by Crippen LogP contribution is 2.34.